The van der Waals surface area contributed by atoms with Crippen LogP contribution >= 0.6 is 56.0 Å². The quantitative estimate of drug-likeness (QED) is 0.449. The molecule has 0 aliphatic carbocycles. The van der Waals surface area contributed by atoms with Gasteiger partial charge in [-0.05, 0) is 0 Å². The second-order valence-corrected chi connectivity index (χ2v) is 5.91. The SMILES string of the molecule is F[P-](F)(N=C=S)(N=C=S)(N=C=S)N=C=S. The second-order valence-electron chi connectivity index (χ2n) is 1.97. The van der Waals surface area contributed by atoms with Gasteiger partial charge in [0.25, 0.3) is 0 Å². The molecule has 0 N–H and O–H groups in total. The van der Waals surface area contributed by atoms with E-state index < -0.39 is 7.17 Å². The van der Waals surface area contributed by atoms with Crippen molar-refractivity contribution >= 4 is 76.7 Å². The van der Waals surface area contributed by atoms with Crippen molar-refractivity contribution in [1.82, 2.24) is 0 Å². The number of hydrogen-bond acceptors (Lipinski definition) is 8. The normalized spacial score (nSPS) is 13.7. The maximum absolute atomic E-state index is 14.2. The molecule has 0 aromatic heterocycles. The Labute approximate surface area is 104 Å². The van der Waals surface area contributed by atoms with Crippen LogP contribution in [-0.2, 0) is 0 Å². The van der Waals surface area contributed by atoms with Crippen molar-refractivity contribution in [1.29, 1.82) is 0 Å². The molecule has 0 aromatic rings. The molecule has 0 spiro atoms. The molecule has 0 aliphatic heterocycles. The summed E-state index contributed by atoms with van der Waals surface area (Å²) in [4.78, 5) is 0. The van der Waals surface area contributed by atoms with Crippen LogP contribution in [0.25, 0.3) is 0 Å². The number of halogens is 2. The second kappa shape index (κ2) is 4.16. The number of thiocarbonyl (C=S) groups is 4. The third-order valence-electron chi connectivity index (χ3n) is 1.00. The summed E-state index contributed by atoms with van der Waals surface area (Å²) in [6, 6.07) is 0. The van der Waals surface area contributed by atoms with Crippen molar-refractivity contribution in [3.63, 3.8) is 0 Å². The van der Waals surface area contributed by atoms with Crippen molar-refractivity contribution in [2.24, 2.45) is 19.1 Å². The van der Waals surface area contributed by atoms with E-state index in [1.165, 1.54) is 20.6 Å². The monoisotopic (exact) mass is 301 g/mol. The van der Waals surface area contributed by atoms with Crippen LogP contribution in [0.2, 0.25) is 0 Å². The molecule has 0 radical (unpaired) electrons. The summed E-state index contributed by atoms with van der Waals surface area (Å²) in [6.07, 6.45) is 0. The fourth-order valence-electron chi connectivity index (χ4n) is 0.477. The maximum atomic E-state index is 14.2. The van der Waals surface area contributed by atoms with Crippen LogP contribution in [0.1, 0.15) is 0 Å². The molecule has 0 aromatic carbocycles. The van der Waals surface area contributed by atoms with Gasteiger partial charge in [0, 0.05) is 0 Å². The fraction of sp³-hybridized carbons (Fsp3) is 0. The van der Waals surface area contributed by atoms with Crippen molar-refractivity contribution < 1.29 is 8.39 Å². The molecule has 0 aliphatic rings. The number of hydrogen-bond donors (Lipinski definition) is 0. The first-order chi connectivity index (χ1) is 6.80. The molecule has 0 heterocycles. The van der Waals surface area contributed by atoms with E-state index in [0.29, 0.717) is 0 Å². The van der Waals surface area contributed by atoms with E-state index >= 15 is 0 Å². The molecule has 0 fully saturated rings. The zero-order valence-electron chi connectivity index (χ0n) is 6.62. The summed E-state index contributed by atoms with van der Waals surface area (Å²) in [6.45, 7) is 0. The molecule has 0 saturated carbocycles. The minimum absolute atomic E-state index is 1.42. The predicted octanol–water partition coefficient (Wildman–Crippen LogP) is 3.92. The molecule has 80 valence electrons. The van der Waals surface area contributed by atoms with E-state index in [-0.39, 0.29) is 0 Å². The van der Waals surface area contributed by atoms with Gasteiger partial charge < -0.3 is 0 Å². The van der Waals surface area contributed by atoms with Crippen LogP contribution in [-0.4, -0.2) is 20.6 Å². The van der Waals surface area contributed by atoms with E-state index in [2.05, 4.69) is 67.9 Å². The van der Waals surface area contributed by atoms with Gasteiger partial charge in [0.05, 0.1) is 0 Å². The van der Waals surface area contributed by atoms with Crippen molar-refractivity contribution in [3.8, 4) is 0 Å². The Morgan fingerprint density at radius 2 is 0.867 bits per heavy atom. The Balaban J connectivity index is 6.67. The minimum atomic E-state index is -7.31. The first-order valence-electron chi connectivity index (χ1n) is 2.85. The zero-order chi connectivity index (χ0) is 12.1. The Hall–Kier alpha value is -0.510. The van der Waals surface area contributed by atoms with Gasteiger partial charge in [-0.15, -0.1) is 0 Å². The topological polar surface area (TPSA) is 49.4 Å². The van der Waals surface area contributed by atoms with Gasteiger partial charge in [-0.25, -0.2) is 0 Å². The van der Waals surface area contributed by atoms with Crippen LogP contribution in [0.4, 0.5) is 8.39 Å². The molecule has 0 rings (SSSR count). The van der Waals surface area contributed by atoms with Gasteiger partial charge in [-0.1, -0.05) is 0 Å². The third kappa shape index (κ3) is 3.23. The molecule has 0 unspecified atom stereocenters. The van der Waals surface area contributed by atoms with Crippen LogP contribution in [0.15, 0.2) is 19.1 Å². The van der Waals surface area contributed by atoms with E-state index in [4.69, 9.17) is 0 Å². The molecule has 0 bridgehead atoms. The zero-order valence-corrected chi connectivity index (χ0v) is 10.8. The van der Waals surface area contributed by atoms with Crippen molar-refractivity contribution in [3.05, 3.63) is 0 Å². The van der Waals surface area contributed by atoms with Gasteiger partial charge >= 0.3 is 104 Å². The van der Waals surface area contributed by atoms with Gasteiger partial charge in [-0.2, -0.15) is 0 Å². The summed E-state index contributed by atoms with van der Waals surface area (Å²) in [7, 11) is -7.31. The molecule has 0 saturated heterocycles. The summed E-state index contributed by atoms with van der Waals surface area (Å²) < 4.78 is 38.6. The Morgan fingerprint density at radius 1 is 0.667 bits per heavy atom. The Kier molecular flexibility index (Phi) is 4.02. The molecular weight excluding hydrogens is 301 g/mol. The van der Waals surface area contributed by atoms with E-state index in [1.807, 2.05) is 0 Å². The van der Waals surface area contributed by atoms with Gasteiger partial charge in [0.15, 0.2) is 0 Å². The van der Waals surface area contributed by atoms with Crippen LogP contribution in [0, 0.1) is 0 Å². The number of nitrogens with zero attached hydrogens (tertiary/aromatic N) is 4. The van der Waals surface area contributed by atoms with Gasteiger partial charge in [0.1, 0.15) is 0 Å². The first kappa shape index (κ1) is 14.5. The Morgan fingerprint density at radius 3 is 1.00 bits per heavy atom. The van der Waals surface area contributed by atoms with Gasteiger partial charge in [-0.3, -0.25) is 0 Å². The van der Waals surface area contributed by atoms with E-state index in [1.54, 1.807) is 0 Å². The van der Waals surface area contributed by atoms with E-state index in [0.717, 1.165) is 0 Å². The summed E-state index contributed by atoms with van der Waals surface area (Å²) >= 11 is 16.2. The van der Waals surface area contributed by atoms with Crippen molar-refractivity contribution in [2.45, 2.75) is 0 Å². The van der Waals surface area contributed by atoms with Crippen molar-refractivity contribution in [2.75, 3.05) is 0 Å². The molecule has 0 amide bonds. The van der Waals surface area contributed by atoms with Gasteiger partial charge in [0.2, 0.25) is 0 Å². The fourth-order valence-corrected chi connectivity index (χ4v) is 3.49. The average molecular weight is 301 g/mol. The number of isothiocyanates is 4. The molecule has 15 heavy (non-hydrogen) atoms. The molecular formula is C4F2N4PS4-. The van der Waals surface area contributed by atoms with Crippen LogP contribution < -0.4 is 0 Å². The average Bonchev–Trinajstić information content (AvgIpc) is 2.04. The van der Waals surface area contributed by atoms with Crippen LogP contribution in [0.5, 0.6) is 0 Å². The summed E-state index contributed by atoms with van der Waals surface area (Å²) in [5.74, 6) is 0. The standard InChI is InChI=1S/C4F2N4PS4/c5-11(6,7-1-12,8-2-13,9-3-14)10-4-15/q-1. The number of rotatable bonds is 4. The molecule has 11 heteroatoms. The van der Waals surface area contributed by atoms with E-state index in [9.17, 15) is 8.39 Å². The summed E-state index contributed by atoms with van der Waals surface area (Å²) in [5, 5.41) is 5.69. The molecule has 4 nitrogen and oxygen atoms in total. The third-order valence-corrected chi connectivity index (χ3v) is 3.99. The predicted molar refractivity (Wildman–Crippen MR) is 69.2 cm³/mol. The Bertz CT molecular complexity index is 411. The first-order valence-corrected chi connectivity index (χ1v) is 6.76. The van der Waals surface area contributed by atoms with Crippen LogP contribution in [0.3, 0.4) is 0 Å². The molecule has 0 atom stereocenters. The summed E-state index contributed by atoms with van der Waals surface area (Å²) in [5.41, 5.74) is 0.